The van der Waals surface area contributed by atoms with E-state index in [9.17, 15) is 4.79 Å². The first-order valence-corrected chi connectivity index (χ1v) is 6.68. The largest absolute Gasteiger partial charge is 0.382 e. The Morgan fingerprint density at radius 3 is 2.55 bits per heavy atom. The van der Waals surface area contributed by atoms with Crippen LogP contribution >= 0.6 is 0 Å². The molecule has 1 N–H and O–H groups in total. The van der Waals surface area contributed by atoms with Crippen LogP contribution in [-0.4, -0.2) is 51.8 Å². The minimum absolute atomic E-state index is 0.0687. The van der Waals surface area contributed by atoms with Crippen LogP contribution in [0.1, 0.15) is 11.1 Å². The average molecular weight is 280 g/mol. The van der Waals surface area contributed by atoms with Gasteiger partial charge in [-0.1, -0.05) is 24.3 Å². The first-order valence-electron chi connectivity index (χ1n) is 6.68. The quantitative estimate of drug-likeness (QED) is 0.686. The molecule has 0 unspecified atom stereocenters. The second-order valence-corrected chi connectivity index (χ2v) is 4.83. The fourth-order valence-corrected chi connectivity index (χ4v) is 1.78. The topological polar surface area (TPSA) is 50.8 Å². The molecule has 0 saturated carbocycles. The summed E-state index contributed by atoms with van der Waals surface area (Å²) in [5.74, 6) is -0.110. The van der Waals surface area contributed by atoms with Crippen molar-refractivity contribution in [3.8, 4) is 0 Å². The number of hydrogen-bond acceptors (Lipinski definition) is 4. The number of carbonyl (C=O) groups is 1. The number of hydrogen-bond donors (Lipinski definition) is 1. The van der Waals surface area contributed by atoms with E-state index in [0.717, 1.165) is 12.1 Å². The fourth-order valence-electron chi connectivity index (χ4n) is 1.78. The molecular formula is C15H24N2O3. The van der Waals surface area contributed by atoms with Gasteiger partial charge >= 0.3 is 0 Å². The zero-order valence-corrected chi connectivity index (χ0v) is 12.5. The zero-order valence-electron chi connectivity index (χ0n) is 12.5. The molecule has 0 saturated heterocycles. The van der Waals surface area contributed by atoms with E-state index >= 15 is 0 Å². The maximum absolute atomic E-state index is 11.6. The van der Waals surface area contributed by atoms with E-state index in [2.05, 4.69) is 16.3 Å². The SMILES string of the molecule is COCCOCC(=O)NCc1ccccc1CN(C)C. The lowest BCUT2D eigenvalue weighted by molar-refractivity contribution is -0.126. The summed E-state index contributed by atoms with van der Waals surface area (Å²) in [7, 11) is 5.66. The number of nitrogens with zero attached hydrogens (tertiary/aromatic N) is 1. The number of amides is 1. The summed E-state index contributed by atoms with van der Waals surface area (Å²) in [6, 6.07) is 8.11. The van der Waals surface area contributed by atoms with Gasteiger partial charge in [0.25, 0.3) is 0 Å². The third kappa shape index (κ3) is 6.65. The lowest BCUT2D eigenvalue weighted by atomic mass is 10.1. The summed E-state index contributed by atoms with van der Waals surface area (Å²) >= 11 is 0. The first kappa shape index (κ1) is 16.6. The van der Waals surface area contributed by atoms with Gasteiger partial charge in [0.2, 0.25) is 5.91 Å². The van der Waals surface area contributed by atoms with Gasteiger partial charge in [-0.2, -0.15) is 0 Å². The van der Waals surface area contributed by atoms with E-state index in [1.54, 1.807) is 7.11 Å². The van der Waals surface area contributed by atoms with Gasteiger partial charge in [-0.3, -0.25) is 4.79 Å². The van der Waals surface area contributed by atoms with E-state index in [1.165, 1.54) is 5.56 Å². The van der Waals surface area contributed by atoms with Gasteiger partial charge in [-0.15, -0.1) is 0 Å². The second-order valence-electron chi connectivity index (χ2n) is 4.83. The highest BCUT2D eigenvalue weighted by molar-refractivity contribution is 5.77. The van der Waals surface area contributed by atoms with Crippen LogP contribution in [0.15, 0.2) is 24.3 Å². The molecule has 0 aromatic heterocycles. The van der Waals surface area contributed by atoms with Crippen LogP contribution in [0.2, 0.25) is 0 Å². The van der Waals surface area contributed by atoms with Gasteiger partial charge in [0.1, 0.15) is 6.61 Å². The minimum atomic E-state index is -0.110. The van der Waals surface area contributed by atoms with Crippen LogP contribution in [0.4, 0.5) is 0 Å². The van der Waals surface area contributed by atoms with Crippen molar-refractivity contribution >= 4 is 5.91 Å². The van der Waals surface area contributed by atoms with Crippen molar-refractivity contribution in [2.24, 2.45) is 0 Å². The summed E-state index contributed by atoms with van der Waals surface area (Å²) < 4.78 is 10.0. The Kier molecular flexibility index (Phi) is 7.87. The van der Waals surface area contributed by atoms with Crippen LogP contribution in [-0.2, 0) is 27.4 Å². The second kappa shape index (κ2) is 9.47. The predicted octanol–water partition coefficient (Wildman–Crippen LogP) is 1.03. The minimum Gasteiger partial charge on any atom is -0.382 e. The van der Waals surface area contributed by atoms with Gasteiger partial charge in [0.05, 0.1) is 13.2 Å². The van der Waals surface area contributed by atoms with Crippen molar-refractivity contribution in [3.63, 3.8) is 0 Å². The molecule has 5 heteroatoms. The Labute approximate surface area is 120 Å². The molecule has 1 aromatic rings. The van der Waals surface area contributed by atoms with E-state index in [4.69, 9.17) is 9.47 Å². The third-order valence-electron chi connectivity index (χ3n) is 2.75. The van der Waals surface area contributed by atoms with Gasteiger partial charge in [-0.05, 0) is 25.2 Å². The van der Waals surface area contributed by atoms with E-state index in [1.807, 2.05) is 32.3 Å². The molecular weight excluding hydrogens is 256 g/mol. The standard InChI is InChI=1S/C15H24N2O3/c1-17(2)11-14-7-5-4-6-13(14)10-16-15(18)12-20-9-8-19-3/h4-7H,8-12H2,1-3H3,(H,16,18). The fraction of sp³-hybridized carbons (Fsp3) is 0.533. The molecule has 1 amide bonds. The molecule has 0 spiro atoms. The summed E-state index contributed by atoms with van der Waals surface area (Å²) in [5, 5.41) is 2.87. The molecule has 0 heterocycles. The average Bonchev–Trinajstić information content (AvgIpc) is 2.42. The first-order chi connectivity index (χ1) is 9.63. The highest BCUT2D eigenvalue weighted by Gasteiger charge is 2.05. The summed E-state index contributed by atoms with van der Waals surface area (Å²) in [4.78, 5) is 13.7. The molecule has 5 nitrogen and oxygen atoms in total. The van der Waals surface area contributed by atoms with Crippen LogP contribution in [0.3, 0.4) is 0 Å². The number of nitrogens with one attached hydrogen (secondary N) is 1. The molecule has 112 valence electrons. The van der Waals surface area contributed by atoms with Crippen molar-refractivity contribution in [3.05, 3.63) is 35.4 Å². The van der Waals surface area contributed by atoms with Gasteiger partial charge in [0, 0.05) is 20.2 Å². The number of methoxy groups -OCH3 is 1. The third-order valence-corrected chi connectivity index (χ3v) is 2.75. The van der Waals surface area contributed by atoms with E-state index in [0.29, 0.717) is 19.8 Å². The summed E-state index contributed by atoms with van der Waals surface area (Å²) in [5.41, 5.74) is 2.35. The Balaban J connectivity index is 2.39. The summed E-state index contributed by atoms with van der Waals surface area (Å²) in [6.07, 6.45) is 0. The Morgan fingerprint density at radius 2 is 1.90 bits per heavy atom. The van der Waals surface area contributed by atoms with Gasteiger partial charge in [-0.25, -0.2) is 0 Å². The number of benzene rings is 1. The molecule has 0 radical (unpaired) electrons. The van der Waals surface area contributed by atoms with Gasteiger partial charge in [0.15, 0.2) is 0 Å². The maximum Gasteiger partial charge on any atom is 0.246 e. The summed E-state index contributed by atoms with van der Waals surface area (Å²) in [6.45, 7) is 2.38. The molecule has 0 aliphatic rings. The van der Waals surface area contributed by atoms with Gasteiger partial charge < -0.3 is 19.7 Å². The molecule has 1 aromatic carbocycles. The number of rotatable bonds is 9. The van der Waals surface area contributed by atoms with Crippen LogP contribution in [0, 0.1) is 0 Å². The Morgan fingerprint density at radius 1 is 1.20 bits per heavy atom. The Bertz CT molecular complexity index is 408. The molecule has 0 aliphatic carbocycles. The molecule has 1 rings (SSSR count). The van der Waals surface area contributed by atoms with Crippen molar-refractivity contribution in [2.45, 2.75) is 13.1 Å². The highest BCUT2D eigenvalue weighted by Crippen LogP contribution is 2.10. The van der Waals surface area contributed by atoms with Crippen LogP contribution in [0.5, 0.6) is 0 Å². The zero-order chi connectivity index (χ0) is 14.8. The van der Waals surface area contributed by atoms with Crippen molar-refractivity contribution in [2.75, 3.05) is 41.0 Å². The molecule has 0 fully saturated rings. The van der Waals surface area contributed by atoms with Crippen molar-refractivity contribution < 1.29 is 14.3 Å². The molecule has 0 atom stereocenters. The number of ether oxygens (including phenoxy) is 2. The lowest BCUT2D eigenvalue weighted by Crippen LogP contribution is -2.28. The van der Waals surface area contributed by atoms with Crippen LogP contribution in [0.25, 0.3) is 0 Å². The number of carbonyl (C=O) groups excluding carboxylic acids is 1. The van der Waals surface area contributed by atoms with E-state index < -0.39 is 0 Å². The predicted molar refractivity (Wildman–Crippen MR) is 78.4 cm³/mol. The van der Waals surface area contributed by atoms with Crippen molar-refractivity contribution in [1.82, 2.24) is 10.2 Å². The van der Waals surface area contributed by atoms with E-state index in [-0.39, 0.29) is 12.5 Å². The molecule has 20 heavy (non-hydrogen) atoms. The monoisotopic (exact) mass is 280 g/mol. The molecule has 0 bridgehead atoms. The lowest BCUT2D eigenvalue weighted by Gasteiger charge is -2.14. The van der Waals surface area contributed by atoms with Crippen molar-refractivity contribution in [1.29, 1.82) is 0 Å². The smallest absolute Gasteiger partial charge is 0.246 e. The van der Waals surface area contributed by atoms with Crippen LogP contribution < -0.4 is 5.32 Å². The molecule has 0 aliphatic heterocycles. The highest BCUT2D eigenvalue weighted by atomic mass is 16.5. The maximum atomic E-state index is 11.6. The Hall–Kier alpha value is -1.43. The normalized spacial score (nSPS) is 10.8.